The van der Waals surface area contributed by atoms with Crippen molar-refractivity contribution in [2.45, 2.75) is 45.6 Å². The van der Waals surface area contributed by atoms with E-state index in [1.165, 1.54) is 6.42 Å². The van der Waals surface area contributed by atoms with Gasteiger partial charge in [0.15, 0.2) is 0 Å². The summed E-state index contributed by atoms with van der Waals surface area (Å²) >= 11 is 0. The number of rotatable bonds is 5. The van der Waals surface area contributed by atoms with Gasteiger partial charge in [-0.15, -0.1) is 0 Å². The third-order valence-electron chi connectivity index (χ3n) is 4.04. The molecule has 1 amide bonds. The van der Waals surface area contributed by atoms with Crippen molar-refractivity contribution in [3.63, 3.8) is 0 Å². The van der Waals surface area contributed by atoms with Gasteiger partial charge in [0, 0.05) is 11.6 Å². The molecule has 116 valence electrons. The number of nitrogens with one attached hydrogen (secondary N) is 1. The zero-order valence-corrected chi connectivity index (χ0v) is 13.0. The van der Waals surface area contributed by atoms with E-state index >= 15 is 0 Å². The van der Waals surface area contributed by atoms with Crippen molar-refractivity contribution in [2.24, 2.45) is 17.6 Å². The monoisotopic (exact) mass is 290 g/mol. The first-order valence-corrected chi connectivity index (χ1v) is 7.88. The number of amides is 1. The molecule has 0 bridgehead atoms. The molecule has 4 heteroatoms. The van der Waals surface area contributed by atoms with Gasteiger partial charge in [-0.2, -0.15) is 0 Å². The van der Waals surface area contributed by atoms with E-state index in [1.807, 2.05) is 38.1 Å². The second-order valence-corrected chi connectivity index (χ2v) is 6.07. The minimum atomic E-state index is 0.0512. The predicted octanol–water partition coefficient (Wildman–Crippen LogP) is 3.18. The summed E-state index contributed by atoms with van der Waals surface area (Å²) in [5.74, 6) is 1.29. The van der Waals surface area contributed by atoms with Crippen molar-refractivity contribution in [3.05, 3.63) is 24.3 Å². The van der Waals surface area contributed by atoms with Crippen LogP contribution in [0.1, 0.15) is 39.5 Å². The van der Waals surface area contributed by atoms with Crippen molar-refractivity contribution in [1.82, 2.24) is 0 Å². The molecule has 1 aliphatic rings. The molecule has 0 radical (unpaired) electrons. The number of carbonyl (C=O) groups is 1. The maximum atomic E-state index is 12.4. The smallest absolute Gasteiger partial charge is 0.227 e. The fourth-order valence-corrected chi connectivity index (χ4v) is 2.96. The molecular formula is C17H26N2O2. The fraction of sp³-hybridized carbons (Fsp3) is 0.588. The molecule has 4 nitrogen and oxygen atoms in total. The second kappa shape index (κ2) is 7.46. The Morgan fingerprint density at radius 2 is 1.95 bits per heavy atom. The first-order chi connectivity index (χ1) is 10.1. The number of hydrogen-bond donors (Lipinski definition) is 2. The van der Waals surface area contributed by atoms with Crippen LogP contribution >= 0.6 is 0 Å². The molecule has 1 saturated carbocycles. The number of nitrogens with two attached hydrogens (primary N) is 1. The molecule has 21 heavy (non-hydrogen) atoms. The van der Waals surface area contributed by atoms with Crippen LogP contribution in [0, 0.1) is 11.8 Å². The standard InChI is InChI=1S/C17H26N2O2/c1-12(2)21-15-9-7-14(8-10-15)19-17(20)16-6-4-3-5-13(16)11-18/h7-10,12-13,16H,3-6,11,18H2,1-2H3,(H,19,20). The Hall–Kier alpha value is -1.55. The average Bonchev–Trinajstić information content (AvgIpc) is 2.48. The van der Waals surface area contributed by atoms with E-state index < -0.39 is 0 Å². The fourth-order valence-electron chi connectivity index (χ4n) is 2.96. The summed E-state index contributed by atoms with van der Waals surface area (Å²) in [6.07, 6.45) is 4.47. The number of anilines is 1. The van der Waals surface area contributed by atoms with Crippen molar-refractivity contribution >= 4 is 11.6 Å². The Bertz CT molecular complexity index is 456. The average molecular weight is 290 g/mol. The van der Waals surface area contributed by atoms with Gasteiger partial charge in [-0.25, -0.2) is 0 Å². The molecule has 1 fully saturated rings. The van der Waals surface area contributed by atoms with Gasteiger partial charge in [-0.1, -0.05) is 12.8 Å². The molecule has 0 heterocycles. The second-order valence-electron chi connectivity index (χ2n) is 6.07. The quantitative estimate of drug-likeness (QED) is 0.875. The van der Waals surface area contributed by atoms with Gasteiger partial charge >= 0.3 is 0 Å². The predicted molar refractivity (Wildman–Crippen MR) is 85.3 cm³/mol. The van der Waals surface area contributed by atoms with Crippen molar-refractivity contribution in [1.29, 1.82) is 0 Å². The van der Waals surface area contributed by atoms with E-state index in [0.717, 1.165) is 30.7 Å². The van der Waals surface area contributed by atoms with Crippen LogP contribution in [0.3, 0.4) is 0 Å². The van der Waals surface area contributed by atoms with E-state index in [-0.39, 0.29) is 17.9 Å². The first-order valence-electron chi connectivity index (χ1n) is 7.88. The number of ether oxygens (including phenoxy) is 1. The Morgan fingerprint density at radius 3 is 2.57 bits per heavy atom. The summed E-state index contributed by atoms with van der Waals surface area (Å²) in [5.41, 5.74) is 6.61. The lowest BCUT2D eigenvalue weighted by molar-refractivity contribution is -0.122. The summed E-state index contributed by atoms with van der Waals surface area (Å²) in [6, 6.07) is 7.54. The largest absolute Gasteiger partial charge is 0.491 e. The number of benzene rings is 1. The molecule has 2 atom stereocenters. The van der Waals surface area contributed by atoms with E-state index in [4.69, 9.17) is 10.5 Å². The number of carbonyl (C=O) groups excluding carboxylic acids is 1. The van der Waals surface area contributed by atoms with Gasteiger partial charge < -0.3 is 15.8 Å². The minimum Gasteiger partial charge on any atom is -0.491 e. The zero-order chi connectivity index (χ0) is 15.2. The molecule has 0 aromatic heterocycles. The Balaban J connectivity index is 1.95. The van der Waals surface area contributed by atoms with Crippen LogP contribution in [0.5, 0.6) is 5.75 Å². The van der Waals surface area contributed by atoms with Crippen LogP contribution in [0.4, 0.5) is 5.69 Å². The normalized spacial score (nSPS) is 22.1. The highest BCUT2D eigenvalue weighted by molar-refractivity contribution is 5.92. The van der Waals surface area contributed by atoms with Gasteiger partial charge in [-0.05, 0) is 63.4 Å². The summed E-state index contributed by atoms with van der Waals surface area (Å²) in [6.45, 7) is 4.58. The topological polar surface area (TPSA) is 64.3 Å². The van der Waals surface area contributed by atoms with Gasteiger partial charge in [0.2, 0.25) is 5.91 Å². The van der Waals surface area contributed by atoms with E-state index in [9.17, 15) is 4.79 Å². The summed E-state index contributed by atoms with van der Waals surface area (Å²) in [5, 5.41) is 3.01. The highest BCUT2D eigenvalue weighted by Crippen LogP contribution is 2.30. The first kappa shape index (κ1) is 15.8. The third kappa shape index (κ3) is 4.46. The van der Waals surface area contributed by atoms with Gasteiger partial charge in [0.25, 0.3) is 0 Å². The van der Waals surface area contributed by atoms with Gasteiger partial charge in [0.05, 0.1) is 6.10 Å². The van der Waals surface area contributed by atoms with Crippen molar-refractivity contribution in [3.8, 4) is 5.75 Å². The zero-order valence-electron chi connectivity index (χ0n) is 13.0. The maximum Gasteiger partial charge on any atom is 0.227 e. The molecule has 3 N–H and O–H groups in total. The van der Waals surface area contributed by atoms with Crippen LogP contribution in [0.15, 0.2) is 24.3 Å². The number of hydrogen-bond acceptors (Lipinski definition) is 3. The molecule has 2 unspecified atom stereocenters. The highest BCUT2D eigenvalue weighted by Gasteiger charge is 2.29. The highest BCUT2D eigenvalue weighted by atomic mass is 16.5. The molecule has 0 spiro atoms. The maximum absolute atomic E-state index is 12.4. The molecule has 0 aliphatic heterocycles. The molecule has 1 aromatic carbocycles. The summed E-state index contributed by atoms with van der Waals surface area (Å²) in [4.78, 5) is 12.4. The SMILES string of the molecule is CC(C)Oc1ccc(NC(=O)C2CCCCC2CN)cc1. The summed E-state index contributed by atoms with van der Waals surface area (Å²) < 4.78 is 5.60. The van der Waals surface area contributed by atoms with Crippen LogP contribution in [-0.4, -0.2) is 18.6 Å². The van der Waals surface area contributed by atoms with Crippen LogP contribution in [-0.2, 0) is 4.79 Å². The van der Waals surface area contributed by atoms with Crippen LogP contribution < -0.4 is 15.8 Å². The van der Waals surface area contributed by atoms with Crippen LogP contribution in [0.25, 0.3) is 0 Å². The molecule has 1 aromatic rings. The van der Waals surface area contributed by atoms with E-state index in [0.29, 0.717) is 12.5 Å². The van der Waals surface area contributed by atoms with Crippen molar-refractivity contribution in [2.75, 3.05) is 11.9 Å². The molecule has 1 aliphatic carbocycles. The van der Waals surface area contributed by atoms with E-state index in [2.05, 4.69) is 5.32 Å². The lowest BCUT2D eigenvalue weighted by Gasteiger charge is -2.29. The Morgan fingerprint density at radius 1 is 1.29 bits per heavy atom. The minimum absolute atomic E-state index is 0.0512. The summed E-state index contributed by atoms with van der Waals surface area (Å²) in [7, 11) is 0. The lowest BCUT2D eigenvalue weighted by atomic mass is 9.78. The van der Waals surface area contributed by atoms with Crippen molar-refractivity contribution < 1.29 is 9.53 Å². The molecule has 2 rings (SSSR count). The van der Waals surface area contributed by atoms with Gasteiger partial charge in [-0.3, -0.25) is 4.79 Å². The molecular weight excluding hydrogens is 264 g/mol. The molecule has 0 saturated heterocycles. The third-order valence-corrected chi connectivity index (χ3v) is 4.04. The Kier molecular flexibility index (Phi) is 5.62. The van der Waals surface area contributed by atoms with E-state index in [1.54, 1.807) is 0 Å². The van der Waals surface area contributed by atoms with Crippen LogP contribution in [0.2, 0.25) is 0 Å². The Labute approximate surface area is 127 Å². The lowest BCUT2D eigenvalue weighted by Crippen LogP contribution is -2.35. The van der Waals surface area contributed by atoms with Gasteiger partial charge in [0.1, 0.15) is 5.75 Å².